The summed E-state index contributed by atoms with van der Waals surface area (Å²) in [7, 11) is 0. The Kier molecular flexibility index (Phi) is 9.96. The molecule has 5 heteroatoms. The Morgan fingerprint density at radius 1 is 1.27 bits per heavy atom. The second-order valence-electron chi connectivity index (χ2n) is 10.1. The molecule has 0 saturated carbocycles. The third kappa shape index (κ3) is 8.95. The maximum Gasteiger partial charge on any atom is 0.198 e. The Balaban J connectivity index is 1.96. The normalized spacial score (nSPS) is 18.0. The van der Waals surface area contributed by atoms with Crippen LogP contribution < -0.4 is 15.8 Å². The van der Waals surface area contributed by atoms with Gasteiger partial charge in [-0.3, -0.25) is 4.99 Å². The van der Waals surface area contributed by atoms with Crippen molar-refractivity contribution in [2.24, 2.45) is 28.0 Å². The number of hydrogen-bond acceptors (Lipinski definition) is 3. The van der Waals surface area contributed by atoms with Gasteiger partial charge in [0.2, 0.25) is 0 Å². The SMILES string of the molecule is CC(C)CCCCOc1ccc(NC(=NCC(C)(C)CN)N2CCCC(C)C2)cc1. The van der Waals surface area contributed by atoms with E-state index in [1.54, 1.807) is 0 Å². The summed E-state index contributed by atoms with van der Waals surface area (Å²) in [6.45, 7) is 15.4. The summed E-state index contributed by atoms with van der Waals surface area (Å²) >= 11 is 0. The highest BCUT2D eigenvalue weighted by Gasteiger charge is 2.21. The fourth-order valence-electron chi connectivity index (χ4n) is 3.56. The van der Waals surface area contributed by atoms with Gasteiger partial charge in [0.15, 0.2) is 5.96 Å². The van der Waals surface area contributed by atoms with Crippen LogP contribution in [0.1, 0.15) is 66.7 Å². The molecule has 1 fully saturated rings. The number of rotatable bonds is 10. The van der Waals surface area contributed by atoms with Crippen LogP contribution in [0.5, 0.6) is 5.75 Å². The van der Waals surface area contributed by atoms with Gasteiger partial charge in [-0.05, 0) is 73.7 Å². The maximum absolute atomic E-state index is 5.92. The molecule has 1 aromatic carbocycles. The van der Waals surface area contributed by atoms with Gasteiger partial charge in [-0.15, -0.1) is 0 Å². The van der Waals surface area contributed by atoms with Gasteiger partial charge in [0.1, 0.15) is 5.75 Å². The van der Waals surface area contributed by atoms with Crippen molar-refractivity contribution < 1.29 is 4.74 Å². The summed E-state index contributed by atoms with van der Waals surface area (Å²) < 4.78 is 5.90. The van der Waals surface area contributed by atoms with E-state index >= 15 is 0 Å². The number of unbranched alkanes of at least 4 members (excludes halogenated alkanes) is 1. The first-order valence-electron chi connectivity index (χ1n) is 11.8. The topological polar surface area (TPSA) is 62.9 Å². The van der Waals surface area contributed by atoms with Crippen molar-refractivity contribution >= 4 is 11.6 Å². The lowest BCUT2D eigenvalue weighted by Gasteiger charge is -2.34. The number of hydrogen-bond donors (Lipinski definition) is 2. The molecule has 0 radical (unpaired) electrons. The number of anilines is 1. The summed E-state index contributed by atoms with van der Waals surface area (Å²) in [4.78, 5) is 7.34. The lowest BCUT2D eigenvalue weighted by molar-refractivity contribution is 0.270. The van der Waals surface area contributed by atoms with Gasteiger partial charge in [0.25, 0.3) is 0 Å². The molecule has 1 saturated heterocycles. The molecule has 170 valence electrons. The molecule has 1 unspecified atom stereocenters. The Labute approximate surface area is 184 Å². The first-order valence-corrected chi connectivity index (χ1v) is 11.8. The van der Waals surface area contributed by atoms with E-state index in [0.29, 0.717) is 19.0 Å². The van der Waals surface area contributed by atoms with Crippen molar-refractivity contribution in [1.29, 1.82) is 0 Å². The Bertz CT molecular complexity index is 639. The van der Waals surface area contributed by atoms with Crippen molar-refractivity contribution in [2.75, 3.05) is 38.1 Å². The highest BCUT2D eigenvalue weighted by molar-refractivity contribution is 5.93. The van der Waals surface area contributed by atoms with Gasteiger partial charge in [0, 0.05) is 25.3 Å². The number of nitrogens with one attached hydrogen (secondary N) is 1. The second kappa shape index (κ2) is 12.2. The molecule has 1 heterocycles. The zero-order chi connectivity index (χ0) is 22.0. The Hall–Kier alpha value is -1.75. The molecular weight excluding hydrogens is 372 g/mol. The molecule has 0 spiro atoms. The average Bonchev–Trinajstić information content (AvgIpc) is 2.71. The molecule has 5 nitrogen and oxygen atoms in total. The summed E-state index contributed by atoms with van der Waals surface area (Å²) in [5, 5.41) is 3.56. The number of guanidine groups is 1. The fraction of sp³-hybridized carbons (Fsp3) is 0.720. The molecule has 0 amide bonds. The van der Waals surface area contributed by atoms with Crippen LogP contribution in [0.4, 0.5) is 5.69 Å². The summed E-state index contributed by atoms with van der Waals surface area (Å²) in [6.07, 6.45) is 6.11. The van der Waals surface area contributed by atoms with Gasteiger partial charge < -0.3 is 20.7 Å². The molecule has 1 aliphatic rings. The fourth-order valence-corrected chi connectivity index (χ4v) is 3.56. The third-order valence-electron chi connectivity index (χ3n) is 5.72. The van der Waals surface area contributed by atoms with E-state index in [4.69, 9.17) is 15.5 Å². The van der Waals surface area contributed by atoms with Crippen molar-refractivity contribution in [3.05, 3.63) is 24.3 Å². The highest BCUT2D eigenvalue weighted by atomic mass is 16.5. The van der Waals surface area contributed by atoms with Crippen molar-refractivity contribution in [3.8, 4) is 5.75 Å². The largest absolute Gasteiger partial charge is 0.494 e. The molecule has 0 bridgehead atoms. The first-order chi connectivity index (χ1) is 14.3. The number of nitrogens with two attached hydrogens (primary N) is 1. The average molecular weight is 417 g/mol. The van der Waals surface area contributed by atoms with Crippen LogP contribution in [0.25, 0.3) is 0 Å². The Morgan fingerprint density at radius 3 is 2.63 bits per heavy atom. The maximum atomic E-state index is 5.92. The molecule has 1 aliphatic heterocycles. The van der Waals surface area contributed by atoms with Crippen LogP contribution in [-0.2, 0) is 0 Å². The van der Waals surface area contributed by atoms with Crippen molar-refractivity contribution in [2.45, 2.75) is 66.7 Å². The van der Waals surface area contributed by atoms with Crippen LogP contribution >= 0.6 is 0 Å². The van der Waals surface area contributed by atoms with Gasteiger partial charge in [-0.1, -0.05) is 41.0 Å². The molecule has 0 aromatic heterocycles. The van der Waals surface area contributed by atoms with Crippen LogP contribution in [0.3, 0.4) is 0 Å². The number of piperidine rings is 1. The van der Waals surface area contributed by atoms with E-state index in [1.165, 1.54) is 25.7 Å². The van der Waals surface area contributed by atoms with Crippen molar-refractivity contribution in [1.82, 2.24) is 4.90 Å². The minimum absolute atomic E-state index is 0.00159. The minimum atomic E-state index is 0.00159. The van der Waals surface area contributed by atoms with Crippen LogP contribution in [0.2, 0.25) is 0 Å². The summed E-state index contributed by atoms with van der Waals surface area (Å²) in [5.41, 5.74) is 6.97. The Morgan fingerprint density at radius 2 is 2.00 bits per heavy atom. The first kappa shape index (κ1) is 24.5. The minimum Gasteiger partial charge on any atom is -0.494 e. The predicted octanol–water partition coefficient (Wildman–Crippen LogP) is 5.38. The smallest absolute Gasteiger partial charge is 0.198 e. The van der Waals surface area contributed by atoms with E-state index in [0.717, 1.165) is 49.4 Å². The number of nitrogens with zero attached hydrogens (tertiary/aromatic N) is 2. The zero-order valence-corrected chi connectivity index (χ0v) is 19.9. The molecule has 1 aromatic rings. The van der Waals surface area contributed by atoms with Gasteiger partial charge in [-0.25, -0.2) is 0 Å². The molecule has 3 N–H and O–H groups in total. The van der Waals surface area contributed by atoms with E-state index in [9.17, 15) is 0 Å². The second-order valence-corrected chi connectivity index (χ2v) is 10.1. The zero-order valence-electron chi connectivity index (χ0n) is 19.9. The van der Waals surface area contributed by atoms with E-state index in [1.807, 2.05) is 12.1 Å². The van der Waals surface area contributed by atoms with E-state index in [-0.39, 0.29) is 5.41 Å². The predicted molar refractivity (Wildman–Crippen MR) is 129 cm³/mol. The summed E-state index contributed by atoms with van der Waals surface area (Å²) in [6, 6.07) is 8.26. The lowest BCUT2D eigenvalue weighted by Crippen LogP contribution is -2.43. The van der Waals surface area contributed by atoms with Crippen LogP contribution in [0, 0.1) is 17.3 Å². The van der Waals surface area contributed by atoms with Crippen LogP contribution in [0.15, 0.2) is 29.3 Å². The van der Waals surface area contributed by atoms with Crippen molar-refractivity contribution in [3.63, 3.8) is 0 Å². The molecule has 0 aliphatic carbocycles. The molecule has 1 atom stereocenters. The van der Waals surface area contributed by atoms with E-state index in [2.05, 4.69) is 57.0 Å². The van der Waals surface area contributed by atoms with Crippen LogP contribution in [-0.4, -0.2) is 43.6 Å². The van der Waals surface area contributed by atoms with E-state index < -0.39 is 0 Å². The standard InChI is InChI=1S/C25H44N4O/c1-20(2)9-6-7-16-30-23-13-11-22(12-14-23)28-24(27-19-25(4,5)18-26)29-15-8-10-21(3)17-29/h11-14,20-21H,6-10,15-19,26H2,1-5H3,(H,27,28). The highest BCUT2D eigenvalue weighted by Crippen LogP contribution is 2.21. The number of aliphatic imine (C=N–C) groups is 1. The number of ether oxygens (including phenoxy) is 1. The molecule has 2 rings (SSSR count). The number of benzene rings is 1. The lowest BCUT2D eigenvalue weighted by atomic mass is 9.94. The monoisotopic (exact) mass is 416 g/mol. The van der Waals surface area contributed by atoms with Gasteiger partial charge >= 0.3 is 0 Å². The van der Waals surface area contributed by atoms with Gasteiger partial charge in [0.05, 0.1) is 6.61 Å². The molecular formula is C25H44N4O. The molecule has 30 heavy (non-hydrogen) atoms. The van der Waals surface area contributed by atoms with Gasteiger partial charge in [-0.2, -0.15) is 0 Å². The number of likely N-dealkylation sites (tertiary alicyclic amines) is 1. The third-order valence-corrected chi connectivity index (χ3v) is 5.72. The quantitative estimate of drug-likeness (QED) is 0.305. The summed E-state index contributed by atoms with van der Waals surface area (Å²) in [5.74, 6) is 3.36.